The summed E-state index contributed by atoms with van der Waals surface area (Å²) in [7, 11) is 0. The van der Waals surface area contributed by atoms with Gasteiger partial charge in [0.05, 0.1) is 0 Å². The van der Waals surface area contributed by atoms with Gasteiger partial charge in [0.2, 0.25) is 0 Å². The van der Waals surface area contributed by atoms with Gasteiger partial charge in [0.15, 0.2) is 0 Å². The van der Waals surface area contributed by atoms with Crippen LogP contribution in [0, 0.1) is 16.7 Å². The van der Waals surface area contributed by atoms with Crippen LogP contribution in [-0.2, 0) is 24.3 Å². The summed E-state index contributed by atoms with van der Waals surface area (Å²) in [5.41, 5.74) is 0.307. The Balaban J connectivity index is 0.000000720. The molecule has 0 radical (unpaired) electrons. The molecule has 0 heterocycles. The van der Waals surface area contributed by atoms with Crippen molar-refractivity contribution in [1.29, 1.82) is 0 Å². The Morgan fingerprint density at radius 1 is 1.33 bits per heavy atom. The van der Waals surface area contributed by atoms with Gasteiger partial charge in [-0.2, -0.15) is 0 Å². The van der Waals surface area contributed by atoms with Gasteiger partial charge in [-0.15, -0.1) is 0 Å². The molecule has 2 aliphatic carbocycles. The van der Waals surface area contributed by atoms with E-state index in [2.05, 4.69) is 20.8 Å². The van der Waals surface area contributed by atoms with Crippen LogP contribution in [0.25, 0.3) is 0 Å². The van der Waals surface area contributed by atoms with Gasteiger partial charge in [-0.3, -0.25) is 4.79 Å². The van der Waals surface area contributed by atoms with E-state index in [-0.39, 0.29) is 30.3 Å². The number of hydrogen-bond donors (Lipinski definition) is 0. The second-order valence-corrected chi connectivity index (χ2v) is 4.92. The molecule has 1 nitrogen and oxygen atoms in total. The van der Waals surface area contributed by atoms with Crippen molar-refractivity contribution in [3.05, 3.63) is 0 Å². The summed E-state index contributed by atoms with van der Waals surface area (Å²) in [5, 5.41) is 0. The van der Waals surface area contributed by atoms with Gasteiger partial charge in [0.25, 0.3) is 0 Å². The first-order chi connectivity index (χ1) is 4.98. The quantitative estimate of drug-likeness (QED) is 0.570. The van der Waals surface area contributed by atoms with E-state index in [0.717, 1.165) is 12.8 Å². The molecule has 0 aromatic rings. The summed E-state index contributed by atoms with van der Waals surface area (Å²) in [5.74, 6) is 1.19. The van der Waals surface area contributed by atoms with Gasteiger partial charge in [-0.25, -0.2) is 0 Å². The first kappa shape index (κ1) is 10.4. The second kappa shape index (κ2) is 2.64. The maximum atomic E-state index is 11.6. The minimum absolute atomic E-state index is 0. The Morgan fingerprint density at radius 3 is 2.08 bits per heavy atom. The maximum Gasteiger partial charge on any atom is 2.00 e. The Morgan fingerprint density at radius 2 is 1.92 bits per heavy atom. The monoisotopic (exact) mass is 216 g/mol. The SMILES string of the molecule is CC12CCC(CC1=O)C2(C)C.[Zn+2]. The fourth-order valence-corrected chi connectivity index (χ4v) is 2.90. The predicted octanol–water partition coefficient (Wildman–Crippen LogP) is 2.40. The first-order valence-electron chi connectivity index (χ1n) is 4.52. The minimum Gasteiger partial charge on any atom is -0.299 e. The molecule has 62 valence electrons. The maximum absolute atomic E-state index is 11.6. The molecule has 0 saturated heterocycles. The third-order valence-corrected chi connectivity index (χ3v) is 4.48. The molecule has 2 saturated carbocycles. The van der Waals surface area contributed by atoms with E-state index >= 15 is 0 Å². The van der Waals surface area contributed by atoms with Crippen molar-refractivity contribution in [2.24, 2.45) is 16.7 Å². The van der Waals surface area contributed by atoms with Crippen LogP contribution in [0.1, 0.15) is 40.0 Å². The van der Waals surface area contributed by atoms with Crippen LogP contribution in [0.5, 0.6) is 0 Å². The summed E-state index contributed by atoms with van der Waals surface area (Å²) in [4.78, 5) is 11.6. The third-order valence-electron chi connectivity index (χ3n) is 4.48. The molecule has 2 heteroatoms. The third kappa shape index (κ3) is 0.908. The van der Waals surface area contributed by atoms with E-state index < -0.39 is 0 Å². The average molecular weight is 218 g/mol. The number of Topliss-reactive ketones (excluding diaryl/α,β-unsaturated/α-hetero) is 1. The van der Waals surface area contributed by atoms with Crippen LogP contribution < -0.4 is 0 Å². The van der Waals surface area contributed by atoms with E-state index in [4.69, 9.17) is 0 Å². The number of fused-ring (bicyclic) bond motifs is 2. The standard InChI is InChI=1S/C10H16O.Zn/c1-9(2)7-4-5-10(9,3)8(11)6-7;/h7H,4-6H2,1-3H3;/q;+2. The Hall–Kier alpha value is 0.293. The van der Waals surface area contributed by atoms with Gasteiger partial charge in [0, 0.05) is 11.8 Å². The van der Waals surface area contributed by atoms with Crippen LogP contribution in [0.3, 0.4) is 0 Å². The normalized spacial score (nSPS) is 42.9. The molecule has 0 aromatic heterocycles. The topological polar surface area (TPSA) is 17.1 Å². The second-order valence-electron chi connectivity index (χ2n) is 4.92. The zero-order valence-corrected chi connectivity index (χ0v) is 11.3. The van der Waals surface area contributed by atoms with E-state index in [0.29, 0.717) is 11.7 Å². The summed E-state index contributed by atoms with van der Waals surface area (Å²) in [6.07, 6.45) is 3.25. The summed E-state index contributed by atoms with van der Waals surface area (Å²) >= 11 is 0. The molecule has 0 aromatic carbocycles. The molecule has 2 unspecified atom stereocenters. The smallest absolute Gasteiger partial charge is 0.299 e. The molecule has 2 fully saturated rings. The van der Waals surface area contributed by atoms with Crippen molar-refractivity contribution in [3.63, 3.8) is 0 Å². The van der Waals surface area contributed by atoms with Crippen molar-refractivity contribution in [2.75, 3.05) is 0 Å². The molecular formula is C10H16OZn+2. The molecule has 2 bridgehead atoms. The van der Waals surface area contributed by atoms with Crippen LogP contribution in [-0.4, -0.2) is 5.78 Å². The van der Waals surface area contributed by atoms with Crippen molar-refractivity contribution >= 4 is 5.78 Å². The molecule has 0 spiro atoms. The van der Waals surface area contributed by atoms with Crippen LogP contribution in [0.4, 0.5) is 0 Å². The minimum atomic E-state index is 0. The van der Waals surface area contributed by atoms with Crippen molar-refractivity contribution in [2.45, 2.75) is 40.0 Å². The zero-order valence-electron chi connectivity index (χ0n) is 8.31. The fraction of sp³-hybridized carbons (Fsp3) is 0.900. The number of ketones is 1. The molecular weight excluding hydrogens is 201 g/mol. The fourth-order valence-electron chi connectivity index (χ4n) is 2.90. The Labute approximate surface area is 87.1 Å². The van der Waals surface area contributed by atoms with Crippen molar-refractivity contribution in [3.8, 4) is 0 Å². The molecule has 0 amide bonds. The zero-order chi connectivity index (χ0) is 8.28. The Kier molecular flexibility index (Phi) is 2.28. The number of hydrogen-bond acceptors (Lipinski definition) is 1. The first-order valence-corrected chi connectivity index (χ1v) is 4.52. The van der Waals surface area contributed by atoms with E-state index in [1.807, 2.05) is 0 Å². The van der Waals surface area contributed by atoms with E-state index in [1.54, 1.807) is 0 Å². The van der Waals surface area contributed by atoms with Gasteiger partial charge < -0.3 is 0 Å². The molecule has 0 N–H and O–H groups in total. The Bertz CT molecular complexity index is 222. The largest absolute Gasteiger partial charge is 2.00 e. The summed E-state index contributed by atoms with van der Waals surface area (Å²) in [6, 6.07) is 0. The number of carbonyl (C=O) groups is 1. The number of carbonyl (C=O) groups excluding carboxylic acids is 1. The molecule has 2 atom stereocenters. The summed E-state index contributed by atoms with van der Waals surface area (Å²) in [6.45, 7) is 6.67. The number of rotatable bonds is 0. The van der Waals surface area contributed by atoms with Gasteiger partial charge >= 0.3 is 19.5 Å². The van der Waals surface area contributed by atoms with Crippen LogP contribution in [0.15, 0.2) is 0 Å². The molecule has 0 aliphatic heterocycles. The van der Waals surface area contributed by atoms with Crippen LogP contribution in [0.2, 0.25) is 0 Å². The van der Waals surface area contributed by atoms with E-state index in [9.17, 15) is 4.79 Å². The van der Waals surface area contributed by atoms with Gasteiger partial charge in [-0.05, 0) is 24.2 Å². The predicted molar refractivity (Wildman–Crippen MR) is 44.2 cm³/mol. The molecule has 2 aliphatic rings. The summed E-state index contributed by atoms with van der Waals surface area (Å²) < 4.78 is 0. The van der Waals surface area contributed by atoms with Crippen molar-refractivity contribution < 1.29 is 24.3 Å². The molecule has 2 rings (SSSR count). The van der Waals surface area contributed by atoms with Gasteiger partial charge in [-0.1, -0.05) is 20.8 Å². The van der Waals surface area contributed by atoms with Crippen molar-refractivity contribution in [1.82, 2.24) is 0 Å². The molecule has 12 heavy (non-hydrogen) atoms. The average Bonchev–Trinajstić information content (AvgIpc) is 2.20. The van der Waals surface area contributed by atoms with E-state index in [1.165, 1.54) is 6.42 Å². The van der Waals surface area contributed by atoms with Gasteiger partial charge in [0.1, 0.15) is 5.78 Å². The van der Waals surface area contributed by atoms with Crippen LogP contribution >= 0.6 is 0 Å².